The van der Waals surface area contributed by atoms with Crippen LogP contribution in [0.25, 0.3) is 0 Å². The molecular weight excluding hydrogens is 440 g/mol. The highest BCUT2D eigenvalue weighted by Crippen LogP contribution is 2.21. The SMILES string of the molecule is CCOc1ccc(NS(=O)(=O)c2ccc(OCC(=O)Nc3cccc(Cl)c3)cc2)cc1. The molecule has 1 amide bonds. The van der Waals surface area contributed by atoms with Gasteiger partial charge < -0.3 is 14.8 Å². The fourth-order valence-electron chi connectivity index (χ4n) is 2.63. The van der Waals surface area contributed by atoms with E-state index >= 15 is 0 Å². The standard InChI is InChI=1S/C22H21ClN2O5S/c1-2-29-19-8-6-17(7-9-19)25-31(27,28)21-12-10-20(11-13-21)30-15-22(26)24-18-5-3-4-16(23)14-18/h3-14,25H,2,15H2,1H3,(H,24,26). The second-order valence-corrected chi connectivity index (χ2v) is 8.50. The minimum absolute atomic E-state index is 0.0668. The number of hydrogen-bond acceptors (Lipinski definition) is 5. The van der Waals surface area contributed by atoms with Crippen molar-refractivity contribution in [3.63, 3.8) is 0 Å². The van der Waals surface area contributed by atoms with Crippen LogP contribution in [-0.2, 0) is 14.8 Å². The molecular formula is C22H21ClN2O5S. The summed E-state index contributed by atoms with van der Waals surface area (Å²) in [6.45, 7) is 2.17. The van der Waals surface area contributed by atoms with E-state index in [1.165, 1.54) is 24.3 Å². The van der Waals surface area contributed by atoms with Gasteiger partial charge in [0, 0.05) is 16.4 Å². The number of rotatable bonds is 9. The van der Waals surface area contributed by atoms with Crippen LogP contribution in [-0.4, -0.2) is 27.5 Å². The minimum atomic E-state index is -3.77. The number of halogens is 1. The molecule has 0 saturated carbocycles. The first-order valence-electron chi connectivity index (χ1n) is 9.40. The summed E-state index contributed by atoms with van der Waals surface area (Å²) < 4.78 is 38.4. The van der Waals surface area contributed by atoms with Crippen LogP contribution in [0.4, 0.5) is 11.4 Å². The molecule has 3 aromatic carbocycles. The molecule has 0 atom stereocenters. The van der Waals surface area contributed by atoms with Crippen LogP contribution in [0, 0.1) is 0 Å². The first-order chi connectivity index (χ1) is 14.9. The Morgan fingerprint density at radius 3 is 2.19 bits per heavy atom. The summed E-state index contributed by atoms with van der Waals surface area (Å²) in [6, 6.07) is 19.2. The Bertz CT molecular complexity index is 1130. The number of hydrogen-bond donors (Lipinski definition) is 2. The van der Waals surface area contributed by atoms with Gasteiger partial charge in [-0.1, -0.05) is 17.7 Å². The lowest BCUT2D eigenvalue weighted by Gasteiger charge is -2.11. The molecule has 0 radical (unpaired) electrons. The zero-order valence-electron chi connectivity index (χ0n) is 16.7. The van der Waals surface area contributed by atoms with E-state index in [1.54, 1.807) is 48.5 Å². The van der Waals surface area contributed by atoms with Crippen LogP contribution in [0.5, 0.6) is 11.5 Å². The number of amides is 1. The second-order valence-electron chi connectivity index (χ2n) is 6.38. The molecule has 0 aromatic heterocycles. The molecule has 7 nitrogen and oxygen atoms in total. The van der Waals surface area contributed by atoms with Gasteiger partial charge in [0.2, 0.25) is 0 Å². The number of anilines is 2. The third-order valence-corrected chi connectivity index (χ3v) is 5.66. The molecule has 0 bridgehead atoms. The first-order valence-corrected chi connectivity index (χ1v) is 11.3. The number of ether oxygens (including phenoxy) is 2. The van der Waals surface area contributed by atoms with Gasteiger partial charge >= 0.3 is 0 Å². The lowest BCUT2D eigenvalue weighted by Crippen LogP contribution is -2.20. The van der Waals surface area contributed by atoms with Crippen molar-refractivity contribution in [2.45, 2.75) is 11.8 Å². The number of carbonyl (C=O) groups excluding carboxylic acids is 1. The van der Waals surface area contributed by atoms with Crippen LogP contribution in [0.2, 0.25) is 5.02 Å². The summed E-state index contributed by atoms with van der Waals surface area (Å²) in [5.41, 5.74) is 0.976. The number of benzene rings is 3. The van der Waals surface area contributed by atoms with Gasteiger partial charge in [-0.2, -0.15) is 0 Å². The molecule has 3 rings (SSSR count). The van der Waals surface area contributed by atoms with E-state index in [0.717, 1.165) is 0 Å². The Morgan fingerprint density at radius 1 is 0.903 bits per heavy atom. The molecule has 0 saturated heterocycles. The van der Waals surface area contributed by atoms with Crippen molar-refractivity contribution in [1.82, 2.24) is 0 Å². The molecule has 0 aliphatic heterocycles. The summed E-state index contributed by atoms with van der Waals surface area (Å²) in [7, 11) is -3.77. The summed E-state index contributed by atoms with van der Waals surface area (Å²) >= 11 is 5.88. The first kappa shape index (κ1) is 22.5. The summed E-state index contributed by atoms with van der Waals surface area (Å²) in [5, 5.41) is 3.17. The van der Waals surface area contributed by atoms with Crippen molar-refractivity contribution in [2.75, 3.05) is 23.3 Å². The lowest BCUT2D eigenvalue weighted by molar-refractivity contribution is -0.118. The molecule has 3 aromatic rings. The maximum absolute atomic E-state index is 12.6. The van der Waals surface area contributed by atoms with E-state index in [2.05, 4.69) is 10.0 Å². The van der Waals surface area contributed by atoms with Gasteiger partial charge in [-0.15, -0.1) is 0 Å². The molecule has 0 spiro atoms. The van der Waals surface area contributed by atoms with Gasteiger partial charge in [0.15, 0.2) is 6.61 Å². The van der Waals surface area contributed by atoms with E-state index in [4.69, 9.17) is 21.1 Å². The zero-order chi connectivity index (χ0) is 22.3. The van der Waals surface area contributed by atoms with Gasteiger partial charge in [0.25, 0.3) is 15.9 Å². The van der Waals surface area contributed by atoms with Crippen LogP contribution < -0.4 is 19.5 Å². The Hall–Kier alpha value is -3.23. The number of sulfonamides is 1. The summed E-state index contributed by atoms with van der Waals surface area (Å²) in [4.78, 5) is 12.1. The van der Waals surface area contributed by atoms with E-state index in [9.17, 15) is 13.2 Å². The van der Waals surface area contributed by atoms with Crippen LogP contribution in [0.15, 0.2) is 77.7 Å². The summed E-state index contributed by atoms with van der Waals surface area (Å²) in [6.07, 6.45) is 0. The highest BCUT2D eigenvalue weighted by atomic mass is 35.5. The second kappa shape index (κ2) is 10.2. The topological polar surface area (TPSA) is 93.7 Å². The van der Waals surface area contributed by atoms with Gasteiger partial charge in [-0.3, -0.25) is 9.52 Å². The van der Waals surface area contributed by atoms with Crippen molar-refractivity contribution in [3.8, 4) is 11.5 Å². The van der Waals surface area contributed by atoms with Crippen LogP contribution in [0.3, 0.4) is 0 Å². The van der Waals surface area contributed by atoms with E-state index < -0.39 is 10.0 Å². The van der Waals surface area contributed by atoms with Crippen molar-refractivity contribution in [2.24, 2.45) is 0 Å². The predicted octanol–water partition coefficient (Wildman–Crippen LogP) is 4.56. The molecule has 2 N–H and O–H groups in total. The predicted molar refractivity (Wildman–Crippen MR) is 120 cm³/mol. The largest absolute Gasteiger partial charge is 0.494 e. The fraction of sp³-hybridized carbons (Fsp3) is 0.136. The van der Waals surface area contributed by atoms with E-state index in [1.807, 2.05) is 6.92 Å². The quantitative estimate of drug-likeness (QED) is 0.488. The molecule has 0 unspecified atom stereocenters. The number of carbonyl (C=O) groups is 1. The van der Waals surface area contributed by atoms with Crippen LogP contribution in [0.1, 0.15) is 6.92 Å². The molecule has 0 aliphatic rings. The number of nitrogens with one attached hydrogen (secondary N) is 2. The Balaban J connectivity index is 1.56. The van der Waals surface area contributed by atoms with E-state index in [0.29, 0.717) is 34.5 Å². The van der Waals surface area contributed by atoms with Gasteiger partial charge in [0.05, 0.1) is 11.5 Å². The van der Waals surface area contributed by atoms with Gasteiger partial charge in [0.1, 0.15) is 11.5 Å². The molecule has 162 valence electrons. The normalized spacial score (nSPS) is 10.9. The average molecular weight is 461 g/mol. The van der Waals surface area contributed by atoms with Crippen LogP contribution >= 0.6 is 11.6 Å². The minimum Gasteiger partial charge on any atom is -0.494 e. The van der Waals surface area contributed by atoms with Gasteiger partial charge in [-0.25, -0.2) is 8.42 Å². The highest BCUT2D eigenvalue weighted by molar-refractivity contribution is 7.92. The fourth-order valence-corrected chi connectivity index (χ4v) is 3.88. The molecule has 0 fully saturated rings. The van der Waals surface area contributed by atoms with Crippen molar-refractivity contribution < 1.29 is 22.7 Å². The van der Waals surface area contributed by atoms with E-state index in [-0.39, 0.29) is 17.4 Å². The molecule has 0 heterocycles. The smallest absolute Gasteiger partial charge is 0.262 e. The van der Waals surface area contributed by atoms with Crippen molar-refractivity contribution in [3.05, 3.63) is 77.8 Å². The molecule has 31 heavy (non-hydrogen) atoms. The third-order valence-electron chi connectivity index (χ3n) is 4.03. The molecule has 0 aliphatic carbocycles. The maximum Gasteiger partial charge on any atom is 0.262 e. The van der Waals surface area contributed by atoms with Crippen molar-refractivity contribution >= 4 is 38.9 Å². The Morgan fingerprint density at radius 2 is 1.55 bits per heavy atom. The zero-order valence-corrected chi connectivity index (χ0v) is 18.2. The average Bonchev–Trinajstić information content (AvgIpc) is 2.74. The lowest BCUT2D eigenvalue weighted by atomic mass is 10.3. The summed E-state index contributed by atoms with van der Waals surface area (Å²) in [5.74, 6) is 0.656. The Kier molecular flexibility index (Phi) is 7.38. The third kappa shape index (κ3) is 6.63. The highest BCUT2D eigenvalue weighted by Gasteiger charge is 2.14. The van der Waals surface area contributed by atoms with Crippen molar-refractivity contribution in [1.29, 1.82) is 0 Å². The molecule has 9 heteroatoms. The maximum atomic E-state index is 12.6. The Labute approximate surface area is 186 Å². The monoisotopic (exact) mass is 460 g/mol. The van der Waals surface area contributed by atoms with Gasteiger partial charge in [-0.05, 0) is 73.7 Å².